The van der Waals surface area contributed by atoms with Gasteiger partial charge in [0, 0.05) is 11.0 Å². The number of nitriles is 1. The highest BCUT2D eigenvalue weighted by Gasteiger charge is 2.02. The van der Waals surface area contributed by atoms with E-state index >= 15 is 0 Å². The standard InChI is InChI=1S/C15H12BrClN2O/c16-12-4-5-14(17)15(9-12)19-10-11-2-1-3-13(8-11)20-7-6-18/h1-5,8-9,19H,7,10H2. The number of benzene rings is 2. The second-order valence-electron chi connectivity index (χ2n) is 4.07. The van der Waals surface area contributed by atoms with E-state index in [4.69, 9.17) is 21.6 Å². The van der Waals surface area contributed by atoms with Gasteiger partial charge >= 0.3 is 0 Å². The summed E-state index contributed by atoms with van der Waals surface area (Å²) < 4.78 is 6.24. The van der Waals surface area contributed by atoms with Crippen LogP contribution in [-0.2, 0) is 6.54 Å². The molecule has 1 N–H and O–H groups in total. The topological polar surface area (TPSA) is 45.0 Å². The minimum Gasteiger partial charge on any atom is -0.479 e. The monoisotopic (exact) mass is 350 g/mol. The van der Waals surface area contributed by atoms with Crippen molar-refractivity contribution >= 4 is 33.2 Å². The number of anilines is 1. The lowest BCUT2D eigenvalue weighted by Gasteiger charge is -2.10. The third kappa shape index (κ3) is 4.16. The van der Waals surface area contributed by atoms with Crippen molar-refractivity contribution in [2.45, 2.75) is 6.54 Å². The van der Waals surface area contributed by atoms with Crippen LogP contribution < -0.4 is 10.1 Å². The molecular weight excluding hydrogens is 340 g/mol. The second-order valence-corrected chi connectivity index (χ2v) is 5.39. The van der Waals surface area contributed by atoms with E-state index in [1.165, 1.54) is 0 Å². The van der Waals surface area contributed by atoms with Gasteiger partial charge in [-0.25, -0.2) is 0 Å². The quantitative estimate of drug-likeness (QED) is 0.855. The Bertz CT molecular complexity index is 640. The van der Waals surface area contributed by atoms with Crippen LogP contribution in [0.1, 0.15) is 5.56 Å². The molecule has 0 radical (unpaired) electrons. The highest BCUT2D eigenvalue weighted by atomic mass is 79.9. The van der Waals surface area contributed by atoms with Crippen molar-refractivity contribution in [3.63, 3.8) is 0 Å². The number of ether oxygens (including phenoxy) is 1. The Labute approximate surface area is 131 Å². The van der Waals surface area contributed by atoms with Crippen molar-refractivity contribution in [3.8, 4) is 11.8 Å². The molecule has 0 aliphatic heterocycles. The molecule has 2 rings (SSSR count). The molecule has 0 saturated carbocycles. The van der Waals surface area contributed by atoms with Crippen molar-refractivity contribution < 1.29 is 4.74 Å². The van der Waals surface area contributed by atoms with Gasteiger partial charge in [0.15, 0.2) is 6.61 Å². The molecule has 0 unspecified atom stereocenters. The SMILES string of the molecule is N#CCOc1cccc(CNc2cc(Br)ccc2Cl)c1. The molecule has 0 bridgehead atoms. The molecule has 2 aromatic rings. The van der Waals surface area contributed by atoms with Gasteiger partial charge in [-0.1, -0.05) is 39.7 Å². The molecule has 0 aliphatic carbocycles. The molecule has 0 atom stereocenters. The van der Waals surface area contributed by atoms with Crippen LogP contribution in [0.5, 0.6) is 5.75 Å². The largest absolute Gasteiger partial charge is 0.479 e. The summed E-state index contributed by atoms with van der Waals surface area (Å²) in [5.74, 6) is 0.686. The molecular formula is C15H12BrClN2O. The second kappa shape index (κ2) is 7.18. The zero-order valence-corrected chi connectivity index (χ0v) is 12.9. The molecule has 20 heavy (non-hydrogen) atoms. The van der Waals surface area contributed by atoms with Gasteiger partial charge in [-0.05, 0) is 35.9 Å². The van der Waals surface area contributed by atoms with E-state index in [1.54, 1.807) is 0 Å². The summed E-state index contributed by atoms with van der Waals surface area (Å²) in [6, 6.07) is 15.2. The molecule has 2 aromatic carbocycles. The molecule has 0 amide bonds. The fourth-order valence-electron chi connectivity index (χ4n) is 1.69. The smallest absolute Gasteiger partial charge is 0.174 e. The number of hydrogen-bond donors (Lipinski definition) is 1. The lowest BCUT2D eigenvalue weighted by Crippen LogP contribution is -2.01. The molecule has 3 nitrogen and oxygen atoms in total. The Hall–Kier alpha value is -1.70. The van der Waals surface area contributed by atoms with Gasteiger partial charge in [-0.15, -0.1) is 0 Å². The first-order valence-corrected chi connectivity index (χ1v) is 7.14. The van der Waals surface area contributed by atoms with Gasteiger partial charge in [0.25, 0.3) is 0 Å². The predicted octanol–water partition coefficient (Wildman–Crippen LogP) is 4.62. The Morgan fingerprint density at radius 1 is 1.25 bits per heavy atom. The van der Waals surface area contributed by atoms with Crippen LogP contribution in [-0.4, -0.2) is 6.61 Å². The van der Waals surface area contributed by atoms with Crippen LogP contribution in [0.15, 0.2) is 46.9 Å². The molecule has 0 aromatic heterocycles. The molecule has 0 spiro atoms. The first kappa shape index (κ1) is 14.7. The third-order valence-corrected chi connectivity index (χ3v) is 3.44. The Morgan fingerprint density at radius 3 is 2.90 bits per heavy atom. The molecule has 0 heterocycles. The van der Waals surface area contributed by atoms with Crippen molar-refractivity contribution in [3.05, 3.63) is 57.5 Å². The highest BCUT2D eigenvalue weighted by molar-refractivity contribution is 9.10. The fourth-order valence-corrected chi connectivity index (χ4v) is 2.24. The highest BCUT2D eigenvalue weighted by Crippen LogP contribution is 2.26. The van der Waals surface area contributed by atoms with Crippen molar-refractivity contribution in [1.82, 2.24) is 0 Å². The van der Waals surface area contributed by atoms with Gasteiger partial charge in [-0.2, -0.15) is 5.26 Å². The summed E-state index contributed by atoms with van der Waals surface area (Å²) in [6.07, 6.45) is 0. The summed E-state index contributed by atoms with van der Waals surface area (Å²) >= 11 is 9.53. The number of nitrogens with one attached hydrogen (secondary N) is 1. The van der Waals surface area contributed by atoms with Crippen molar-refractivity contribution in [2.24, 2.45) is 0 Å². The summed E-state index contributed by atoms with van der Waals surface area (Å²) in [7, 11) is 0. The average molecular weight is 352 g/mol. The third-order valence-electron chi connectivity index (χ3n) is 2.61. The maximum atomic E-state index is 8.50. The first-order valence-electron chi connectivity index (χ1n) is 5.96. The van der Waals surface area contributed by atoms with Crippen LogP contribution in [0.4, 0.5) is 5.69 Å². The van der Waals surface area contributed by atoms with E-state index in [-0.39, 0.29) is 6.61 Å². The molecule has 102 valence electrons. The van der Waals surface area contributed by atoms with Crippen molar-refractivity contribution in [2.75, 3.05) is 11.9 Å². The van der Waals surface area contributed by atoms with Gasteiger partial charge in [-0.3, -0.25) is 0 Å². The van der Waals surface area contributed by atoms with E-state index < -0.39 is 0 Å². The number of rotatable bonds is 5. The molecule has 0 fully saturated rings. The van der Waals surface area contributed by atoms with E-state index in [1.807, 2.05) is 48.5 Å². The molecule has 5 heteroatoms. The fraction of sp³-hybridized carbons (Fsp3) is 0.133. The van der Waals surface area contributed by atoms with E-state index in [0.717, 1.165) is 15.7 Å². The predicted molar refractivity (Wildman–Crippen MR) is 84.0 cm³/mol. The number of hydrogen-bond acceptors (Lipinski definition) is 3. The van der Waals surface area contributed by atoms with Crippen LogP contribution in [0.3, 0.4) is 0 Å². The van der Waals surface area contributed by atoms with Crippen LogP contribution in [0.2, 0.25) is 5.02 Å². The lowest BCUT2D eigenvalue weighted by molar-refractivity contribution is 0.368. The minimum absolute atomic E-state index is 0.0499. The number of halogens is 2. The van der Waals surface area contributed by atoms with Gasteiger partial charge in [0.05, 0.1) is 10.7 Å². The van der Waals surface area contributed by atoms with Gasteiger partial charge in [0.1, 0.15) is 11.8 Å². The lowest BCUT2D eigenvalue weighted by atomic mass is 10.2. The van der Waals surface area contributed by atoms with Gasteiger partial charge in [0.2, 0.25) is 0 Å². The minimum atomic E-state index is 0.0499. The maximum absolute atomic E-state index is 8.50. The Morgan fingerprint density at radius 2 is 2.10 bits per heavy atom. The summed E-state index contributed by atoms with van der Waals surface area (Å²) in [6.45, 7) is 0.675. The van der Waals surface area contributed by atoms with Crippen LogP contribution in [0.25, 0.3) is 0 Å². The number of nitrogens with zero attached hydrogens (tertiary/aromatic N) is 1. The Balaban J connectivity index is 2.03. The van der Waals surface area contributed by atoms with E-state index in [2.05, 4.69) is 21.2 Å². The summed E-state index contributed by atoms with van der Waals surface area (Å²) in [5.41, 5.74) is 1.92. The zero-order valence-electron chi connectivity index (χ0n) is 10.6. The maximum Gasteiger partial charge on any atom is 0.174 e. The van der Waals surface area contributed by atoms with Crippen molar-refractivity contribution in [1.29, 1.82) is 5.26 Å². The normalized spacial score (nSPS) is 9.85. The summed E-state index contributed by atoms with van der Waals surface area (Å²) in [4.78, 5) is 0. The Kier molecular flexibility index (Phi) is 5.28. The van der Waals surface area contributed by atoms with Gasteiger partial charge < -0.3 is 10.1 Å². The first-order chi connectivity index (χ1) is 9.69. The molecule has 0 aliphatic rings. The van der Waals surface area contributed by atoms with E-state index in [9.17, 15) is 0 Å². The zero-order chi connectivity index (χ0) is 14.4. The van der Waals surface area contributed by atoms with E-state index in [0.29, 0.717) is 17.3 Å². The van der Waals surface area contributed by atoms with Crippen LogP contribution >= 0.6 is 27.5 Å². The average Bonchev–Trinajstić information content (AvgIpc) is 2.46. The summed E-state index contributed by atoms with van der Waals surface area (Å²) in [5, 5.41) is 12.4. The molecule has 0 saturated heterocycles. The van der Waals surface area contributed by atoms with Crippen LogP contribution in [0, 0.1) is 11.3 Å².